The lowest BCUT2D eigenvalue weighted by Gasteiger charge is -2.19. The largest absolute Gasteiger partial charge is 0.315 e. The van der Waals surface area contributed by atoms with E-state index in [2.05, 4.69) is 10.2 Å². The van der Waals surface area contributed by atoms with Crippen LogP contribution in [0.15, 0.2) is 24.3 Å². The maximum Gasteiger partial charge on any atom is 0.123 e. The average Bonchev–Trinajstić information content (AvgIpc) is 2.46. The molecule has 0 amide bonds. The smallest absolute Gasteiger partial charge is 0.123 e. The summed E-state index contributed by atoms with van der Waals surface area (Å²) in [5.74, 6) is -0.138. The Labute approximate surface area is 102 Å². The van der Waals surface area contributed by atoms with Gasteiger partial charge in [0.15, 0.2) is 0 Å². The van der Waals surface area contributed by atoms with E-state index >= 15 is 0 Å². The second-order valence-electron chi connectivity index (χ2n) is 4.01. The Bertz CT molecular complexity index is 312. The van der Waals surface area contributed by atoms with E-state index < -0.39 is 0 Å². The van der Waals surface area contributed by atoms with E-state index in [9.17, 15) is 4.39 Å². The molecule has 1 saturated heterocycles. The van der Waals surface area contributed by atoms with E-state index in [0.29, 0.717) is 0 Å². The predicted molar refractivity (Wildman–Crippen MR) is 66.4 cm³/mol. The van der Waals surface area contributed by atoms with Crippen molar-refractivity contribution in [1.29, 1.82) is 0 Å². The molecule has 0 bridgehead atoms. The van der Waals surface area contributed by atoms with Crippen molar-refractivity contribution < 1.29 is 4.39 Å². The van der Waals surface area contributed by atoms with Crippen LogP contribution in [0.4, 0.5) is 4.39 Å². The zero-order valence-corrected chi connectivity index (χ0v) is 10.1. The van der Waals surface area contributed by atoms with Gasteiger partial charge >= 0.3 is 0 Å². The second kappa shape index (κ2) is 6.84. The first kappa shape index (κ1) is 13.4. The molecule has 1 aliphatic rings. The monoisotopic (exact) mass is 244 g/mol. The first-order valence-electron chi connectivity index (χ1n) is 5.52. The van der Waals surface area contributed by atoms with Crippen molar-refractivity contribution >= 4 is 12.4 Å². The molecule has 1 fully saturated rings. The predicted octanol–water partition coefficient (Wildman–Crippen LogP) is 2.04. The number of nitrogens with one attached hydrogen (secondary N) is 1. The lowest BCUT2D eigenvalue weighted by atomic mass is 10.2. The number of nitrogens with zero attached hydrogens (tertiary/aromatic N) is 1. The highest BCUT2D eigenvalue weighted by atomic mass is 35.5. The normalized spacial score (nSPS) is 17.6. The Morgan fingerprint density at radius 3 is 2.94 bits per heavy atom. The fraction of sp³-hybridized carbons (Fsp3) is 0.500. The summed E-state index contributed by atoms with van der Waals surface area (Å²) in [5.41, 5.74) is 1.07. The van der Waals surface area contributed by atoms with E-state index in [1.807, 2.05) is 6.07 Å². The van der Waals surface area contributed by atoms with Crippen molar-refractivity contribution in [2.75, 3.05) is 26.2 Å². The highest BCUT2D eigenvalue weighted by Gasteiger charge is 2.08. The highest BCUT2D eigenvalue weighted by Crippen LogP contribution is 2.08. The van der Waals surface area contributed by atoms with Crippen LogP contribution in [0.25, 0.3) is 0 Å². The molecular formula is C12H18ClFN2. The van der Waals surface area contributed by atoms with E-state index in [1.54, 1.807) is 12.1 Å². The van der Waals surface area contributed by atoms with Crippen LogP contribution in [0.3, 0.4) is 0 Å². The molecular weight excluding hydrogens is 227 g/mol. The van der Waals surface area contributed by atoms with Gasteiger partial charge in [-0.15, -0.1) is 12.4 Å². The van der Waals surface area contributed by atoms with E-state index in [-0.39, 0.29) is 18.2 Å². The number of rotatable bonds is 2. The lowest BCUT2D eigenvalue weighted by Crippen LogP contribution is -2.27. The Morgan fingerprint density at radius 1 is 1.25 bits per heavy atom. The molecule has 1 heterocycles. The van der Waals surface area contributed by atoms with Gasteiger partial charge in [-0.2, -0.15) is 0 Å². The highest BCUT2D eigenvalue weighted by molar-refractivity contribution is 5.85. The Hall–Kier alpha value is -0.640. The minimum Gasteiger partial charge on any atom is -0.315 e. The van der Waals surface area contributed by atoms with Crippen molar-refractivity contribution in [3.8, 4) is 0 Å². The molecule has 0 aliphatic carbocycles. The number of hydrogen-bond donors (Lipinski definition) is 1. The first-order valence-corrected chi connectivity index (χ1v) is 5.52. The van der Waals surface area contributed by atoms with Crippen LogP contribution in [-0.4, -0.2) is 31.1 Å². The maximum absolute atomic E-state index is 13.0. The molecule has 2 rings (SSSR count). The molecule has 0 atom stereocenters. The van der Waals surface area contributed by atoms with E-state index in [1.165, 1.54) is 12.5 Å². The van der Waals surface area contributed by atoms with Crippen molar-refractivity contribution in [3.05, 3.63) is 35.6 Å². The van der Waals surface area contributed by atoms with Crippen LogP contribution >= 0.6 is 12.4 Å². The van der Waals surface area contributed by atoms with Crippen LogP contribution in [0.2, 0.25) is 0 Å². The third-order valence-electron chi connectivity index (χ3n) is 2.73. The molecule has 1 aromatic rings. The van der Waals surface area contributed by atoms with Crippen molar-refractivity contribution in [1.82, 2.24) is 10.2 Å². The minimum atomic E-state index is -0.138. The molecule has 1 N–H and O–H groups in total. The molecule has 2 nitrogen and oxygen atoms in total. The molecule has 0 spiro atoms. The molecule has 0 unspecified atom stereocenters. The van der Waals surface area contributed by atoms with Crippen molar-refractivity contribution in [2.45, 2.75) is 13.0 Å². The SMILES string of the molecule is Cl.Fc1cccc(CN2CCCNCC2)c1. The van der Waals surface area contributed by atoms with Crippen LogP contribution in [0.1, 0.15) is 12.0 Å². The molecule has 1 aromatic carbocycles. The summed E-state index contributed by atoms with van der Waals surface area (Å²) in [5, 5.41) is 3.36. The quantitative estimate of drug-likeness (QED) is 0.857. The van der Waals surface area contributed by atoms with Crippen LogP contribution in [0, 0.1) is 5.82 Å². The van der Waals surface area contributed by atoms with Crippen LogP contribution < -0.4 is 5.32 Å². The van der Waals surface area contributed by atoms with Gasteiger partial charge in [-0.05, 0) is 37.2 Å². The molecule has 0 radical (unpaired) electrons. The third kappa shape index (κ3) is 4.08. The van der Waals surface area contributed by atoms with Gasteiger partial charge in [0.2, 0.25) is 0 Å². The summed E-state index contributed by atoms with van der Waals surface area (Å²) in [7, 11) is 0. The number of benzene rings is 1. The number of halogens is 2. The van der Waals surface area contributed by atoms with Gasteiger partial charge in [-0.1, -0.05) is 12.1 Å². The van der Waals surface area contributed by atoms with Gasteiger partial charge in [0, 0.05) is 19.6 Å². The molecule has 90 valence electrons. The summed E-state index contributed by atoms with van der Waals surface area (Å²) in [6.45, 7) is 5.15. The zero-order chi connectivity index (χ0) is 10.5. The van der Waals surface area contributed by atoms with E-state index in [4.69, 9.17) is 0 Å². The standard InChI is InChI=1S/C12H17FN2.ClH/c13-12-4-1-3-11(9-12)10-15-7-2-5-14-6-8-15;/h1,3-4,9,14H,2,5-8,10H2;1H. The molecule has 0 aromatic heterocycles. The van der Waals surface area contributed by atoms with Gasteiger partial charge in [-0.3, -0.25) is 4.90 Å². The van der Waals surface area contributed by atoms with E-state index in [0.717, 1.165) is 38.3 Å². The Morgan fingerprint density at radius 2 is 2.12 bits per heavy atom. The topological polar surface area (TPSA) is 15.3 Å². The lowest BCUT2D eigenvalue weighted by molar-refractivity contribution is 0.284. The summed E-state index contributed by atoms with van der Waals surface area (Å²) in [4.78, 5) is 2.37. The number of hydrogen-bond acceptors (Lipinski definition) is 2. The van der Waals surface area contributed by atoms with Gasteiger partial charge in [0.1, 0.15) is 5.82 Å². The molecule has 0 saturated carbocycles. The first-order chi connectivity index (χ1) is 7.34. The van der Waals surface area contributed by atoms with Gasteiger partial charge in [0.05, 0.1) is 0 Å². The average molecular weight is 245 g/mol. The fourth-order valence-corrected chi connectivity index (χ4v) is 1.95. The maximum atomic E-state index is 13.0. The Kier molecular flexibility index (Phi) is 5.74. The molecule has 4 heteroatoms. The molecule has 16 heavy (non-hydrogen) atoms. The van der Waals surface area contributed by atoms with Gasteiger partial charge in [-0.25, -0.2) is 4.39 Å². The van der Waals surface area contributed by atoms with Gasteiger partial charge < -0.3 is 5.32 Å². The second-order valence-corrected chi connectivity index (χ2v) is 4.01. The third-order valence-corrected chi connectivity index (χ3v) is 2.73. The Balaban J connectivity index is 0.00000128. The summed E-state index contributed by atoms with van der Waals surface area (Å²) in [6, 6.07) is 6.88. The minimum absolute atomic E-state index is 0. The van der Waals surface area contributed by atoms with Crippen LogP contribution in [0.5, 0.6) is 0 Å². The van der Waals surface area contributed by atoms with Crippen molar-refractivity contribution in [2.24, 2.45) is 0 Å². The zero-order valence-electron chi connectivity index (χ0n) is 9.29. The van der Waals surface area contributed by atoms with Crippen molar-refractivity contribution in [3.63, 3.8) is 0 Å². The van der Waals surface area contributed by atoms with Crippen LogP contribution in [-0.2, 0) is 6.54 Å². The summed E-state index contributed by atoms with van der Waals surface area (Å²) < 4.78 is 13.0. The fourth-order valence-electron chi connectivity index (χ4n) is 1.95. The summed E-state index contributed by atoms with van der Waals surface area (Å²) >= 11 is 0. The summed E-state index contributed by atoms with van der Waals surface area (Å²) in [6.07, 6.45) is 1.18. The molecule has 1 aliphatic heterocycles. The van der Waals surface area contributed by atoms with Gasteiger partial charge in [0.25, 0.3) is 0 Å².